The van der Waals surface area contributed by atoms with E-state index < -0.39 is 4.92 Å². The van der Waals surface area contributed by atoms with Gasteiger partial charge in [-0.15, -0.1) is 0 Å². The average molecular weight is 193 g/mol. The number of nitrogens with two attached hydrogens (primary N) is 1. The molecule has 6 nitrogen and oxygen atoms in total. The van der Waals surface area contributed by atoms with Crippen molar-refractivity contribution in [3.8, 4) is 0 Å². The Labute approximate surface area is 79.2 Å². The summed E-state index contributed by atoms with van der Waals surface area (Å²) >= 11 is 0. The molecule has 1 aromatic carbocycles. The highest BCUT2D eigenvalue weighted by molar-refractivity contribution is 6.35. The van der Waals surface area contributed by atoms with Crippen molar-refractivity contribution in [1.82, 2.24) is 0 Å². The maximum Gasteiger partial charge on any atom is 0.269 e. The van der Waals surface area contributed by atoms with Gasteiger partial charge in [0, 0.05) is 17.7 Å². The molecule has 0 aromatic heterocycles. The number of nitrogens with zero attached hydrogens (tertiary/aromatic N) is 2. The van der Waals surface area contributed by atoms with Gasteiger partial charge in [-0.05, 0) is 12.1 Å². The molecule has 0 spiro atoms. The molecule has 0 amide bonds. The molecule has 0 aliphatic heterocycles. The Bertz CT molecular complexity index is 383. The van der Waals surface area contributed by atoms with Gasteiger partial charge in [0.15, 0.2) is 0 Å². The average Bonchev–Trinajstić information content (AvgIpc) is 2.18. The van der Waals surface area contributed by atoms with Crippen molar-refractivity contribution in [3.63, 3.8) is 0 Å². The number of rotatable bonds is 3. The lowest BCUT2D eigenvalue weighted by atomic mass is 10.1. The van der Waals surface area contributed by atoms with Gasteiger partial charge >= 0.3 is 0 Å². The molecule has 0 bridgehead atoms. The Morgan fingerprint density at radius 1 is 1.43 bits per heavy atom. The number of carbonyl (C=O) groups excluding carboxylic acids is 1. The van der Waals surface area contributed by atoms with Gasteiger partial charge in [0.2, 0.25) is 5.78 Å². The van der Waals surface area contributed by atoms with E-state index in [4.69, 9.17) is 5.84 Å². The van der Waals surface area contributed by atoms with Crippen LogP contribution in [0.2, 0.25) is 0 Å². The van der Waals surface area contributed by atoms with Crippen LogP contribution in [0.3, 0.4) is 0 Å². The first-order valence-electron chi connectivity index (χ1n) is 3.67. The predicted molar refractivity (Wildman–Crippen MR) is 50.1 cm³/mol. The number of Topliss-reactive ketones (excluding diaryl/α,β-unsaturated/α-hetero) is 1. The SMILES string of the molecule is N/N=C\C(=O)c1ccc([N+](=O)[O-])cc1. The maximum absolute atomic E-state index is 11.1. The third-order valence-electron chi connectivity index (χ3n) is 1.55. The first-order chi connectivity index (χ1) is 6.65. The quantitative estimate of drug-likeness (QED) is 0.251. The van der Waals surface area contributed by atoms with E-state index in [1.165, 1.54) is 24.3 Å². The Balaban J connectivity index is 2.94. The molecule has 0 atom stereocenters. The Hall–Kier alpha value is -2.24. The lowest BCUT2D eigenvalue weighted by Gasteiger charge is -1.94. The minimum atomic E-state index is -0.536. The minimum absolute atomic E-state index is 0.0637. The van der Waals surface area contributed by atoms with Gasteiger partial charge in [0.1, 0.15) is 0 Å². The fourth-order valence-corrected chi connectivity index (χ4v) is 0.890. The topological polar surface area (TPSA) is 98.6 Å². The highest BCUT2D eigenvalue weighted by Crippen LogP contribution is 2.11. The van der Waals surface area contributed by atoms with E-state index in [1.807, 2.05) is 0 Å². The summed E-state index contributed by atoms with van der Waals surface area (Å²) in [4.78, 5) is 20.9. The van der Waals surface area contributed by atoms with E-state index in [1.54, 1.807) is 0 Å². The van der Waals surface area contributed by atoms with E-state index in [0.717, 1.165) is 6.21 Å². The van der Waals surface area contributed by atoms with Gasteiger partial charge in [-0.2, -0.15) is 5.10 Å². The number of carbonyl (C=O) groups is 1. The van der Waals surface area contributed by atoms with Gasteiger partial charge in [-0.25, -0.2) is 0 Å². The number of hydrazone groups is 1. The Morgan fingerprint density at radius 3 is 2.43 bits per heavy atom. The molecule has 1 aromatic rings. The molecule has 0 fully saturated rings. The zero-order valence-corrected chi connectivity index (χ0v) is 7.08. The van der Waals surface area contributed by atoms with Crippen molar-refractivity contribution in [2.45, 2.75) is 0 Å². The zero-order chi connectivity index (χ0) is 10.6. The van der Waals surface area contributed by atoms with Crippen LogP contribution in [-0.2, 0) is 0 Å². The van der Waals surface area contributed by atoms with Crippen LogP contribution in [0, 0.1) is 10.1 Å². The Kier molecular flexibility index (Phi) is 2.90. The fourth-order valence-electron chi connectivity index (χ4n) is 0.890. The first-order valence-corrected chi connectivity index (χ1v) is 3.67. The normalized spacial score (nSPS) is 10.3. The van der Waals surface area contributed by atoms with E-state index in [9.17, 15) is 14.9 Å². The van der Waals surface area contributed by atoms with Crippen LogP contribution in [0.1, 0.15) is 10.4 Å². The number of nitro benzene ring substituents is 1. The van der Waals surface area contributed by atoms with Crippen LogP contribution in [0.15, 0.2) is 29.4 Å². The number of hydrogen-bond acceptors (Lipinski definition) is 5. The second-order valence-corrected chi connectivity index (χ2v) is 2.45. The Morgan fingerprint density at radius 2 is 2.00 bits per heavy atom. The lowest BCUT2D eigenvalue weighted by Crippen LogP contribution is -2.02. The number of benzene rings is 1. The van der Waals surface area contributed by atoms with Crippen molar-refractivity contribution < 1.29 is 9.72 Å². The standard InChI is InChI=1S/C8H7N3O3/c9-10-5-8(12)6-1-3-7(4-2-6)11(13)14/h1-5H,9H2/b10-5-. The monoisotopic (exact) mass is 193 g/mol. The summed E-state index contributed by atoms with van der Waals surface area (Å²) in [6.07, 6.45) is 0.946. The van der Waals surface area contributed by atoms with Crippen LogP contribution in [0.5, 0.6) is 0 Å². The zero-order valence-electron chi connectivity index (χ0n) is 7.08. The molecular formula is C8H7N3O3. The van der Waals surface area contributed by atoms with Crippen molar-refractivity contribution in [2.75, 3.05) is 0 Å². The third kappa shape index (κ3) is 2.13. The van der Waals surface area contributed by atoms with Crippen LogP contribution in [-0.4, -0.2) is 16.9 Å². The molecule has 72 valence electrons. The van der Waals surface area contributed by atoms with E-state index in [0.29, 0.717) is 5.56 Å². The first kappa shape index (κ1) is 9.85. The fraction of sp³-hybridized carbons (Fsp3) is 0. The minimum Gasteiger partial charge on any atom is -0.323 e. The van der Waals surface area contributed by atoms with Gasteiger partial charge in [-0.3, -0.25) is 14.9 Å². The number of nitro groups is 1. The van der Waals surface area contributed by atoms with Gasteiger partial charge in [0.05, 0.1) is 11.1 Å². The molecule has 0 radical (unpaired) electrons. The summed E-state index contributed by atoms with van der Waals surface area (Å²) in [5.41, 5.74) is 0.246. The van der Waals surface area contributed by atoms with Crippen LogP contribution in [0.25, 0.3) is 0 Å². The molecule has 0 saturated heterocycles. The summed E-state index contributed by atoms with van der Waals surface area (Å²) in [6, 6.07) is 5.19. The molecule has 1 rings (SSSR count). The van der Waals surface area contributed by atoms with Crippen molar-refractivity contribution in [3.05, 3.63) is 39.9 Å². The maximum atomic E-state index is 11.1. The number of ketones is 1. The summed E-state index contributed by atoms with van der Waals surface area (Å²) in [5.74, 6) is 4.40. The molecule has 0 aliphatic carbocycles. The van der Waals surface area contributed by atoms with Gasteiger partial charge < -0.3 is 5.84 Å². The number of non-ortho nitro benzene ring substituents is 1. The summed E-state index contributed by atoms with van der Waals surface area (Å²) in [5, 5.41) is 13.3. The smallest absolute Gasteiger partial charge is 0.269 e. The van der Waals surface area contributed by atoms with Crippen molar-refractivity contribution >= 4 is 17.7 Å². The summed E-state index contributed by atoms with van der Waals surface area (Å²) < 4.78 is 0. The van der Waals surface area contributed by atoms with Crippen molar-refractivity contribution in [2.24, 2.45) is 10.9 Å². The van der Waals surface area contributed by atoms with Crippen LogP contribution in [0.4, 0.5) is 5.69 Å². The van der Waals surface area contributed by atoms with E-state index in [2.05, 4.69) is 5.10 Å². The predicted octanol–water partition coefficient (Wildman–Crippen LogP) is 0.722. The molecule has 6 heteroatoms. The molecule has 0 aliphatic rings. The van der Waals surface area contributed by atoms with E-state index in [-0.39, 0.29) is 11.5 Å². The second-order valence-electron chi connectivity index (χ2n) is 2.45. The summed E-state index contributed by atoms with van der Waals surface area (Å²) in [7, 11) is 0. The summed E-state index contributed by atoms with van der Waals surface area (Å²) in [6.45, 7) is 0. The van der Waals surface area contributed by atoms with Crippen LogP contribution >= 0.6 is 0 Å². The van der Waals surface area contributed by atoms with Gasteiger partial charge in [-0.1, -0.05) is 0 Å². The lowest BCUT2D eigenvalue weighted by molar-refractivity contribution is -0.384. The van der Waals surface area contributed by atoms with Crippen molar-refractivity contribution in [1.29, 1.82) is 0 Å². The molecular weight excluding hydrogens is 186 g/mol. The highest BCUT2D eigenvalue weighted by atomic mass is 16.6. The number of hydrogen-bond donors (Lipinski definition) is 1. The second kappa shape index (κ2) is 4.13. The molecule has 0 unspecified atom stereocenters. The molecule has 2 N–H and O–H groups in total. The van der Waals surface area contributed by atoms with Gasteiger partial charge in [0.25, 0.3) is 5.69 Å². The molecule has 0 heterocycles. The molecule has 0 saturated carbocycles. The third-order valence-corrected chi connectivity index (χ3v) is 1.55. The highest BCUT2D eigenvalue weighted by Gasteiger charge is 2.07. The molecule has 14 heavy (non-hydrogen) atoms. The largest absolute Gasteiger partial charge is 0.323 e. The van der Waals surface area contributed by atoms with E-state index >= 15 is 0 Å². The van der Waals surface area contributed by atoms with Crippen LogP contribution < -0.4 is 5.84 Å².